The van der Waals surface area contributed by atoms with Crippen LogP contribution in [0.5, 0.6) is 0 Å². The van der Waals surface area contributed by atoms with Crippen LogP contribution in [0.3, 0.4) is 0 Å². The van der Waals surface area contributed by atoms with Gasteiger partial charge in [-0.15, -0.1) is 11.3 Å². The van der Waals surface area contributed by atoms with Crippen molar-refractivity contribution in [1.82, 2.24) is 0 Å². The second-order valence-corrected chi connectivity index (χ2v) is 6.55. The molecule has 0 saturated carbocycles. The lowest BCUT2D eigenvalue weighted by Gasteiger charge is -2.03. The molecule has 0 aliphatic heterocycles. The monoisotopic (exact) mass is 308 g/mol. The third-order valence-electron chi connectivity index (χ3n) is 2.59. The molecule has 2 rings (SSSR count). The lowest BCUT2D eigenvalue weighted by molar-refractivity contribution is 0.103. The maximum Gasteiger partial charge on any atom is 0.194 e. The fraction of sp³-hybridized carbons (Fsp3) is 0.214. The first-order valence-corrected chi connectivity index (χ1v) is 6.97. The molecule has 17 heavy (non-hydrogen) atoms. The van der Waals surface area contributed by atoms with Crippen LogP contribution in [0, 0.1) is 20.8 Å². The van der Waals surface area contributed by atoms with Crippen LogP contribution in [0.2, 0.25) is 0 Å². The van der Waals surface area contributed by atoms with Gasteiger partial charge in [0.2, 0.25) is 0 Å². The number of carbonyl (C=O) groups excluding carboxylic acids is 1. The Morgan fingerprint density at radius 1 is 1.12 bits per heavy atom. The van der Waals surface area contributed by atoms with Gasteiger partial charge in [-0.3, -0.25) is 4.79 Å². The predicted molar refractivity (Wildman–Crippen MR) is 76.1 cm³/mol. The lowest BCUT2D eigenvalue weighted by atomic mass is 10.0. The molecule has 0 unspecified atom stereocenters. The Morgan fingerprint density at radius 2 is 1.82 bits per heavy atom. The van der Waals surface area contributed by atoms with E-state index < -0.39 is 0 Å². The van der Waals surface area contributed by atoms with Crippen LogP contribution in [0.4, 0.5) is 0 Å². The van der Waals surface area contributed by atoms with Gasteiger partial charge in [-0.25, -0.2) is 0 Å². The molecule has 0 aliphatic rings. The summed E-state index contributed by atoms with van der Waals surface area (Å²) in [6.07, 6.45) is 0. The van der Waals surface area contributed by atoms with Crippen LogP contribution in [0.1, 0.15) is 31.2 Å². The number of hydrogen-bond donors (Lipinski definition) is 0. The summed E-state index contributed by atoms with van der Waals surface area (Å²) in [5.74, 6) is 0.108. The van der Waals surface area contributed by atoms with Gasteiger partial charge in [-0.2, -0.15) is 0 Å². The van der Waals surface area contributed by atoms with Crippen molar-refractivity contribution in [2.24, 2.45) is 0 Å². The van der Waals surface area contributed by atoms with E-state index in [0.717, 1.165) is 26.0 Å². The molecule has 0 aliphatic carbocycles. The molecule has 0 fully saturated rings. The van der Waals surface area contributed by atoms with Crippen LogP contribution >= 0.6 is 27.3 Å². The van der Waals surface area contributed by atoms with Gasteiger partial charge in [0.25, 0.3) is 0 Å². The standard InChI is InChI=1S/C14H13BrOS/c1-8-4-11(7-12(15)5-8)14(16)13-6-9(2)17-10(13)3/h4-7H,1-3H3. The zero-order chi connectivity index (χ0) is 12.6. The van der Waals surface area contributed by atoms with Gasteiger partial charge in [-0.05, 0) is 50.6 Å². The Morgan fingerprint density at radius 3 is 2.35 bits per heavy atom. The summed E-state index contributed by atoms with van der Waals surface area (Å²) in [6.45, 7) is 6.02. The molecule has 0 amide bonds. The van der Waals surface area contributed by atoms with Crippen molar-refractivity contribution in [3.8, 4) is 0 Å². The topological polar surface area (TPSA) is 17.1 Å². The van der Waals surface area contributed by atoms with Crippen molar-refractivity contribution in [3.63, 3.8) is 0 Å². The van der Waals surface area contributed by atoms with Crippen molar-refractivity contribution in [2.75, 3.05) is 0 Å². The Balaban J connectivity index is 2.47. The van der Waals surface area contributed by atoms with Crippen molar-refractivity contribution in [3.05, 3.63) is 55.2 Å². The Bertz CT molecular complexity index is 564. The number of rotatable bonds is 2. The number of ketones is 1. The van der Waals surface area contributed by atoms with Gasteiger partial charge in [0.15, 0.2) is 5.78 Å². The molecular weight excluding hydrogens is 296 g/mol. The van der Waals surface area contributed by atoms with Crippen LogP contribution in [-0.4, -0.2) is 5.78 Å². The van der Waals surface area contributed by atoms with E-state index in [1.807, 2.05) is 45.0 Å². The quantitative estimate of drug-likeness (QED) is 0.737. The normalized spacial score (nSPS) is 10.6. The van der Waals surface area contributed by atoms with E-state index >= 15 is 0 Å². The summed E-state index contributed by atoms with van der Waals surface area (Å²) < 4.78 is 0.949. The number of aryl methyl sites for hydroxylation is 3. The highest BCUT2D eigenvalue weighted by molar-refractivity contribution is 9.10. The molecule has 1 aromatic carbocycles. The first-order valence-electron chi connectivity index (χ1n) is 5.36. The lowest BCUT2D eigenvalue weighted by Crippen LogP contribution is -2.01. The van der Waals surface area contributed by atoms with Gasteiger partial charge < -0.3 is 0 Å². The van der Waals surface area contributed by atoms with E-state index in [9.17, 15) is 4.79 Å². The van der Waals surface area contributed by atoms with Crippen molar-refractivity contribution >= 4 is 33.0 Å². The molecule has 1 aromatic heterocycles. The second-order valence-electron chi connectivity index (χ2n) is 4.17. The van der Waals surface area contributed by atoms with E-state index in [2.05, 4.69) is 15.9 Å². The van der Waals surface area contributed by atoms with Crippen molar-refractivity contribution in [1.29, 1.82) is 0 Å². The molecule has 0 spiro atoms. The van der Waals surface area contributed by atoms with Gasteiger partial charge in [-0.1, -0.05) is 15.9 Å². The zero-order valence-electron chi connectivity index (χ0n) is 10.0. The first-order chi connectivity index (χ1) is 7.97. The highest BCUT2D eigenvalue weighted by Crippen LogP contribution is 2.25. The Hall–Kier alpha value is -0.930. The minimum atomic E-state index is 0.108. The number of carbonyl (C=O) groups is 1. The SMILES string of the molecule is Cc1cc(Br)cc(C(=O)c2cc(C)sc2C)c1. The van der Waals surface area contributed by atoms with Gasteiger partial charge in [0.1, 0.15) is 0 Å². The average molecular weight is 309 g/mol. The van der Waals surface area contributed by atoms with Gasteiger partial charge >= 0.3 is 0 Å². The molecule has 1 nitrogen and oxygen atoms in total. The molecule has 0 radical (unpaired) electrons. The van der Waals surface area contributed by atoms with Gasteiger partial charge in [0, 0.05) is 25.4 Å². The van der Waals surface area contributed by atoms with Crippen molar-refractivity contribution in [2.45, 2.75) is 20.8 Å². The fourth-order valence-electron chi connectivity index (χ4n) is 1.88. The second kappa shape index (κ2) is 4.75. The minimum Gasteiger partial charge on any atom is -0.289 e. The zero-order valence-corrected chi connectivity index (χ0v) is 12.4. The first kappa shape index (κ1) is 12.5. The van der Waals surface area contributed by atoms with E-state index in [4.69, 9.17) is 0 Å². The van der Waals surface area contributed by atoms with Crippen LogP contribution in [0.25, 0.3) is 0 Å². The average Bonchev–Trinajstić information content (AvgIpc) is 2.55. The molecule has 0 saturated heterocycles. The minimum absolute atomic E-state index is 0.108. The number of thiophene rings is 1. The fourth-order valence-corrected chi connectivity index (χ4v) is 3.41. The summed E-state index contributed by atoms with van der Waals surface area (Å²) in [6, 6.07) is 7.78. The van der Waals surface area contributed by atoms with Crippen LogP contribution in [-0.2, 0) is 0 Å². The molecule has 0 atom stereocenters. The highest BCUT2D eigenvalue weighted by atomic mass is 79.9. The third kappa shape index (κ3) is 2.67. The third-order valence-corrected chi connectivity index (χ3v) is 4.01. The molecule has 3 heteroatoms. The summed E-state index contributed by atoms with van der Waals surface area (Å²) in [4.78, 5) is 14.6. The van der Waals surface area contributed by atoms with Crippen LogP contribution in [0.15, 0.2) is 28.7 Å². The maximum atomic E-state index is 12.4. The molecule has 0 bridgehead atoms. The molecule has 88 valence electrons. The molecule has 2 aromatic rings. The van der Waals surface area contributed by atoms with E-state index in [1.165, 1.54) is 4.88 Å². The Labute approximate surface area is 114 Å². The highest BCUT2D eigenvalue weighted by Gasteiger charge is 2.14. The maximum absolute atomic E-state index is 12.4. The number of halogens is 1. The summed E-state index contributed by atoms with van der Waals surface area (Å²) in [5.41, 5.74) is 2.66. The van der Waals surface area contributed by atoms with E-state index in [0.29, 0.717) is 0 Å². The van der Waals surface area contributed by atoms with Gasteiger partial charge in [0.05, 0.1) is 0 Å². The summed E-state index contributed by atoms with van der Waals surface area (Å²) in [5, 5.41) is 0. The largest absolute Gasteiger partial charge is 0.289 e. The Kier molecular flexibility index (Phi) is 3.50. The van der Waals surface area contributed by atoms with E-state index in [-0.39, 0.29) is 5.78 Å². The summed E-state index contributed by atoms with van der Waals surface area (Å²) in [7, 11) is 0. The van der Waals surface area contributed by atoms with Crippen LogP contribution < -0.4 is 0 Å². The smallest absolute Gasteiger partial charge is 0.194 e. The molecular formula is C14H13BrOS. The molecule has 0 N–H and O–H groups in total. The molecule has 1 heterocycles. The summed E-state index contributed by atoms with van der Waals surface area (Å²) >= 11 is 5.10. The van der Waals surface area contributed by atoms with E-state index in [1.54, 1.807) is 11.3 Å². The number of benzene rings is 1. The predicted octanol–water partition coefficient (Wildman–Crippen LogP) is 4.67. The number of hydrogen-bond acceptors (Lipinski definition) is 2. The van der Waals surface area contributed by atoms with Crippen molar-refractivity contribution < 1.29 is 4.79 Å².